The Bertz CT molecular complexity index is 460. The lowest BCUT2D eigenvalue weighted by atomic mass is 10.2. The molecule has 0 bridgehead atoms. The van der Waals surface area contributed by atoms with Crippen LogP contribution in [0.25, 0.3) is 0 Å². The summed E-state index contributed by atoms with van der Waals surface area (Å²) in [6, 6.07) is 4.92. The predicted molar refractivity (Wildman–Crippen MR) is 73.9 cm³/mol. The molecule has 0 aromatic heterocycles. The maximum atomic E-state index is 10.8. The predicted octanol–water partition coefficient (Wildman–Crippen LogP) is 3.65. The van der Waals surface area contributed by atoms with Gasteiger partial charge in [0.1, 0.15) is 5.02 Å². The number of likely N-dealkylation sites (N-methyl/N-ethyl adjacent to an activating group) is 1. The summed E-state index contributed by atoms with van der Waals surface area (Å²) in [5.41, 5.74) is 1.91. The third-order valence-electron chi connectivity index (χ3n) is 2.55. The molecule has 0 N–H and O–H groups in total. The van der Waals surface area contributed by atoms with Crippen molar-refractivity contribution in [3.8, 4) is 0 Å². The van der Waals surface area contributed by atoms with Crippen molar-refractivity contribution in [2.24, 2.45) is 0 Å². The van der Waals surface area contributed by atoms with Crippen molar-refractivity contribution < 1.29 is 4.92 Å². The van der Waals surface area contributed by atoms with Gasteiger partial charge in [0, 0.05) is 19.2 Å². The molecule has 1 aromatic carbocycles. The van der Waals surface area contributed by atoms with Gasteiger partial charge < -0.3 is 0 Å². The van der Waals surface area contributed by atoms with Crippen LogP contribution in [0.15, 0.2) is 30.4 Å². The second-order valence-corrected chi connectivity index (χ2v) is 4.71. The van der Waals surface area contributed by atoms with Crippen LogP contribution in [0.3, 0.4) is 0 Å². The average molecular weight is 269 g/mol. The first kappa shape index (κ1) is 14.7. The highest BCUT2D eigenvalue weighted by Gasteiger charge is 2.13. The summed E-state index contributed by atoms with van der Waals surface area (Å²) in [6.07, 6.45) is 0. The Morgan fingerprint density at radius 2 is 2.22 bits per heavy atom. The molecule has 1 rings (SSSR count). The van der Waals surface area contributed by atoms with Crippen LogP contribution >= 0.6 is 11.6 Å². The van der Waals surface area contributed by atoms with Crippen LogP contribution in [0.4, 0.5) is 5.69 Å². The second-order valence-electron chi connectivity index (χ2n) is 4.30. The lowest BCUT2D eigenvalue weighted by Gasteiger charge is -2.20. The van der Waals surface area contributed by atoms with E-state index in [1.165, 1.54) is 6.07 Å². The third-order valence-corrected chi connectivity index (χ3v) is 2.87. The molecule has 0 amide bonds. The molecule has 98 valence electrons. The summed E-state index contributed by atoms with van der Waals surface area (Å²) in [5, 5.41) is 11.0. The van der Waals surface area contributed by atoms with Gasteiger partial charge in [-0.1, -0.05) is 36.7 Å². The molecule has 0 aliphatic carbocycles. The lowest BCUT2D eigenvalue weighted by molar-refractivity contribution is -0.384. The molecule has 5 heteroatoms. The van der Waals surface area contributed by atoms with E-state index in [1.54, 1.807) is 6.07 Å². The smallest absolute Gasteiger partial charge is 0.288 e. The minimum atomic E-state index is -0.457. The Morgan fingerprint density at radius 1 is 1.56 bits per heavy atom. The molecule has 0 spiro atoms. The third kappa shape index (κ3) is 4.13. The SMILES string of the molecule is C=C(C)CN(CC)Cc1ccc(Cl)c([N+](=O)[O-])c1. The molecule has 4 nitrogen and oxygen atoms in total. The van der Waals surface area contributed by atoms with Gasteiger partial charge in [-0.15, -0.1) is 0 Å². The van der Waals surface area contributed by atoms with Gasteiger partial charge in [0.2, 0.25) is 0 Å². The molecule has 0 saturated heterocycles. The lowest BCUT2D eigenvalue weighted by Crippen LogP contribution is -2.24. The first-order valence-electron chi connectivity index (χ1n) is 5.73. The second kappa shape index (κ2) is 6.52. The fraction of sp³-hybridized carbons (Fsp3) is 0.385. The van der Waals surface area contributed by atoms with Crippen LogP contribution in [-0.2, 0) is 6.54 Å². The van der Waals surface area contributed by atoms with Crippen LogP contribution in [0.5, 0.6) is 0 Å². The van der Waals surface area contributed by atoms with E-state index in [4.69, 9.17) is 11.6 Å². The molecular weight excluding hydrogens is 252 g/mol. The summed E-state index contributed by atoms with van der Waals surface area (Å²) in [6.45, 7) is 10.2. The number of benzene rings is 1. The zero-order valence-electron chi connectivity index (χ0n) is 10.6. The molecule has 0 heterocycles. The van der Waals surface area contributed by atoms with E-state index in [0.717, 1.165) is 24.2 Å². The summed E-state index contributed by atoms with van der Waals surface area (Å²) in [4.78, 5) is 12.5. The van der Waals surface area contributed by atoms with Crippen molar-refractivity contribution in [3.63, 3.8) is 0 Å². The molecule has 0 atom stereocenters. The van der Waals surface area contributed by atoms with E-state index in [2.05, 4.69) is 11.5 Å². The Hall–Kier alpha value is -1.39. The zero-order valence-corrected chi connectivity index (χ0v) is 11.4. The molecule has 0 fully saturated rings. The maximum Gasteiger partial charge on any atom is 0.288 e. The van der Waals surface area contributed by atoms with Crippen LogP contribution in [0.2, 0.25) is 5.02 Å². The number of halogens is 1. The van der Waals surface area contributed by atoms with Crippen LogP contribution in [0.1, 0.15) is 19.4 Å². The first-order chi connectivity index (χ1) is 8.43. The molecule has 0 aliphatic heterocycles. The largest absolute Gasteiger partial charge is 0.295 e. The van der Waals surface area contributed by atoms with Gasteiger partial charge in [0.25, 0.3) is 5.69 Å². The Kier molecular flexibility index (Phi) is 5.31. The Morgan fingerprint density at radius 3 is 2.72 bits per heavy atom. The van der Waals surface area contributed by atoms with Gasteiger partial charge >= 0.3 is 0 Å². The van der Waals surface area contributed by atoms with Crippen LogP contribution < -0.4 is 0 Å². The fourth-order valence-electron chi connectivity index (χ4n) is 1.72. The fourth-order valence-corrected chi connectivity index (χ4v) is 1.90. The molecule has 0 aliphatic rings. The van der Waals surface area contributed by atoms with Gasteiger partial charge in [-0.05, 0) is 25.1 Å². The highest BCUT2D eigenvalue weighted by Crippen LogP contribution is 2.25. The minimum Gasteiger partial charge on any atom is -0.295 e. The number of hydrogen-bond acceptors (Lipinski definition) is 3. The Balaban J connectivity index is 2.87. The monoisotopic (exact) mass is 268 g/mol. The van der Waals surface area contributed by atoms with Gasteiger partial charge in [0.15, 0.2) is 0 Å². The summed E-state index contributed by atoms with van der Waals surface area (Å²) < 4.78 is 0. The standard InChI is InChI=1S/C13H17ClN2O2/c1-4-15(8-10(2)3)9-11-5-6-12(14)13(7-11)16(17)18/h5-7H,2,4,8-9H2,1,3H3. The highest BCUT2D eigenvalue weighted by molar-refractivity contribution is 6.32. The number of nitro groups is 1. The Labute approximate surface area is 112 Å². The number of rotatable bonds is 6. The summed E-state index contributed by atoms with van der Waals surface area (Å²) in [7, 11) is 0. The van der Waals surface area contributed by atoms with E-state index in [0.29, 0.717) is 6.54 Å². The van der Waals surface area contributed by atoms with Gasteiger partial charge in [0.05, 0.1) is 4.92 Å². The highest BCUT2D eigenvalue weighted by atomic mass is 35.5. The van der Waals surface area contributed by atoms with Crippen molar-refractivity contribution >= 4 is 17.3 Å². The molecule has 0 radical (unpaired) electrons. The average Bonchev–Trinajstić information content (AvgIpc) is 2.29. The summed E-state index contributed by atoms with van der Waals surface area (Å²) in [5.74, 6) is 0. The number of nitrogens with zero attached hydrogens (tertiary/aromatic N) is 2. The molecule has 0 unspecified atom stereocenters. The van der Waals surface area contributed by atoms with Gasteiger partial charge in [-0.25, -0.2) is 0 Å². The van der Waals surface area contributed by atoms with E-state index in [9.17, 15) is 10.1 Å². The van der Waals surface area contributed by atoms with Crippen LogP contribution in [-0.4, -0.2) is 22.9 Å². The van der Waals surface area contributed by atoms with Crippen molar-refractivity contribution in [2.75, 3.05) is 13.1 Å². The number of nitro benzene ring substituents is 1. The molecular formula is C13H17ClN2O2. The quantitative estimate of drug-likeness (QED) is 0.449. The van der Waals surface area contributed by atoms with E-state index >= 15 is 0 Å². The normalized spacial score (nSPS) is 10.7. The molecule has 0 saturated carbocycles. The van der Waals surface area contributed by atoms with E-state index in [1.807, 2.05) is 19.9 Å². The summed E-state index contributed by atoms with van der Waals surface area (Å²) >= 11 is 5.78. The minimum absolute atomic E-state index is 0.0412. The van der Waals surface area contributed by atoms with Crippen molar-refractivity contribution in [1.82, 2.24) is 4.90 Å². The van der Waals surface area contributed by atoms with Gasteiger partial charge in [-0.2, -0.15) is 0 Å². The first-order valence-corrected chi connectivity index (χ1v) is 6.11. The van der Waals surface area contributed by atoms with E-state index < -0.39 is 4.92 Å². The van der Waals surface area contributed by atoms with Crippen molar-refractivity contribution in [3.05, 3.63) is 51.1 Å². The van der Waals surface area contributed by atoms with Crippen molar-refractivity contribution in [2.45, 2.75) is 20.4 Å². The number of hydrogen-bond donors (Lipinski definition) is 0. The maximum absolute atomic E-state index is 10.8. The topological polar surface area (TPSA) is 46.4 Å². The van der Waals surface area contributed by atoms with Crippen LogP contribution in [0, 0.1) is 10.1 Å². The molecule has 1 aromatic rings. The van der Waals surface area contributed by atoms with E-state index in [-0.39, 0.29) is 10.7 Å². The van der Waals surface area contributed by atoms with Gasteiger partial charge in [-0.3, -0.25) is 15.0 Å². The zero-order chi connectivity index (χ0) is 13.7. The molecule has 18 heavy (non-hydrogen) atoms. The van der Waals surface area contributed by atoms with Crippen molar-refractivity contribution in [1.29, 1.82) is 0 Å².